The van der Waals surface area contributed by atoms with E-state index >= 15 is 0 Å². The minimum atomic E-state index is -0.669. The van der Waals surface area contributed by atoms with Gasteiger partial charge in [0, 0.05) is 25.5 Å². The van der Waals surface area contributed by atoms with Gasteiger partial charge in [-0.3, -0.25) is 0 Å². The Balaban J connectivity index is 1.89. The van der Waals surface area contributed by atoms with Crippen molar-refractivity contribution in [2.75, 3.05) is 13.7 Å². The van der Waals surface area contributed by atoms with Crippen molar-refractivity contribution in [3.63, 3.8) is 0 Å². The third-order valence-electron chi connectivity index (χ3n) is 2.81. The molecule has 2 rings (SSSR count). The van der Waals surface area contributed by atoms with Gasteiger partial charge in [0.05, 0.1) is 12.9 Å². The summed E-state index contributed by atoms with van der Waals surface area (Å²) >= 11 is 0. The van der Waals surface area contributed by atoms with Crippen molar-refractivity contribution < 1.29 is 13.5 Å². The van der Waals surface area contributed by atoms with Gasteiger partial charge >= 0.3 is 0 Å². The molecular formula is C14H17F2N3O. The molecule has 1 heterocycles. The monoisotopic (exact) mass is 281 g/mol. The predicted octanol–water partition coefficient (Wildman–Crippen LogP) is 2.35. The number of nitrogens with one attached hydrogen (secondary N) is 1. The van der Waals surface area contributed by atoms with Crippen LogP contribution in [-0.4, -0.2) is 23.2 Å². The first-order valence-corrected chi connectivity index (χ1v) is 6.41. The summed E-state index contributed by atoms with van der Waals surface area (Å²) in [5.41, 5.74) is 0.549. The van der Waals surface area contributed by atoms with Gasteiger partial charge in [-0.1, -0.05) is 0 Å². The second-order valence-electron chi connectivity index (χ2n) is 4.42. The fourth-order valence-electron chi connectivity index (χ4n) is 1.90. The van der Waals surface area contributed by atoms with Gasteiger partial charge in [0.2, 0.25) is 0 Å². The van der Waals surface area contributed by atoms with E-state index in [4.69, 9.17) is 4.74 Å². The van der Waals surface area contributed by atoms with E-state index in [-0.39, 0.29) is 12.4 Å². The van der Waals surface area contributed by atoms with E-state index in [1.54, 1.807) is 19.6 Å². The van der Waals surface area contributed by atoms with Crippen molar-refractivity contribution in [1.29, 1.82) is 0 Å². The maximum Gasteiger partial charge on any atom is 0.190 e. The van der Waals surface area contributed by atoms with E-state index in [1.807, 2.05) is 10.8 Å². The smallest absolute Gasteiger partial charge is 0.190 e. The highest BCUT2D eigenvalue weighted by atomic mass is 19.1. The Kier molecular flexibility index (Phi) is 5.06. The van der Waals surface area contributed by atoms with Crippen molar-refractivity contribution in [3.05, 3.63) is 48.1 Å². The van der Waals surface area contributed by atoms with Crippen molar-refractivity contribution >= 4 is 0 Å². The number of aryl methyl sites for hydroxylation is 1. The molecule has 20 heavy (non-hydrogen) atoms. The summed E-state index contributed by atoms with van der Waals surface area (Å²) in [6.45, 7) is 1.35. The van der Waals surface area contributed by atoms with Gasteiger partial charge < -0.3 is 14.6 Å². The van der Waals surface area contributed by atoms with E-state index in [1.165, 1.54) is 12.1 Å². The van der Waals surface area contributed by atoms with Gasteiger partial charge in [-0.05, 0) is 31.2 Å². The zero-order chi connectivity index (χ0) is 14.4. The Labute approximate surface area is 116 Å². The van der Waals surface area contributed by atoms with Crippen molar-refractivity contribution in [3.8, 4) is 5.75 Å². The van der Waals surface area contributed by atoms with E-state index < -0.39 is 11.6 Å². The van der Waals surface area contributed by atoms with Crippen LogP contribution in [0.15, 0.2) is 30.9 Å². The topological polar surface area (TPSA) is 39.1 Å². The van der Waals surface area contributed by atoms with Crippen molar-refractivity contribution in [2.24, 2.45) is 0 Å². The van der Waals surface area contributed by atoms with Gasteiger partial charge in [-0.2, -0.15) is 0 Å². The molecule has 0 amide bonds. The molecule has 1 N–H and O–H groups in total. The quantitative estimate of drug-likeness (QED) is 0.792. The van der Waals surface area contributed by atoms with Crippen LogP contribution in [0.25, 0.3) is 0 Å². The lowest BCUT2D eigenvalue weighted by Gasteiger charge is -2.10. The van der Waals surface area contributed by atoms with E-state index in [9.17, 15) is 8.78 Å². The van der Waals surface area contributed by atoms with Crippen LogP contribution in [0.1, 0.15) is 12.0 Å². The van der Waals surface area contributed by atoms with Crippen LogP contribution in [0.3, 0.4) is 0 Å². The maximum atomic E-state index is 13.7. The van der Waals surface area contributed by atoms with Gasteiger partial charge in [-0.15, -0.1) is 0 Å². The highest BCUT2D eigenvalue weighted by Crippen LogP contribution is 2.23. The molecule has 0 aliphatic heterocycles. The number of ether oxygens (including phenoxy) is 1. The van der Waals surface area contributed by atoms with Crippen LogP contribution in [0.4, 0.5) is 8.78 Å². The first-order valence-electron chi connectivity index (χ1n) is 6.41. The molecule has 0 radical (unpaired) electrons. The molecule has 0 aliphatic carbocycles. The average molecular weight is 281 g/mol. The molecule has 0 bridgehead atoms. The Morgan fingerprint density at radius 1 is 1.30 bits per heavy atom. The summed E-state index contributed by atoms with van der Waals surface area (Å²) in [5, 5.41) is 2.84. The largest absolute Gasteiger partial charge is 0.488 e. The number of rotatable bonds is 7. The summed E-state index contributed by atoms with van der Waals surface area (Å²) in [4.78, 5) is 3.91. The maximum absolute atomic E-state index is 13.7. The Hall–Kier alpha value is -1.95. The van der Waals surface area contributed by atoms with Crippen LogP contribution in [-0.2, 0) is 13.1 Å². The number of hydrogen-bond donors (Lipinski definition) is 1. The normalized spacial score (nSPS) is 10.8. The lowest BCUT2D eigenvalue weighted by molar-refractivity contribution is 0.272. The van der Waals surface area contributed by atoms with Crippen LogP contribution in [0.2, 0.25) is 0 Å². The lowest BCUT2D eigenvalue weighted by Crippen LogP contribution is -2.08. The van der Waals surface area contributed by atoms with Gasteiger partial charge in [0.25, 0.3) is 0 Å². The molecule has 0 saturated heterocycles. The molecule has 0 fully saturated rings. The first-order chi connectivity index (χ1) is 9.70. The molecule has 0 unspecified atom stereocenters. The summed E-state index contributed by atoms with van der Waals surface area (Å²) in [5.74, 6) is -1.65. The highest BCUT2D eigenvalue weighted by molar-refractivity contribution is 5.31. The summed E-state index contributed by atoms with van der Waals surface area (Å²) in [7, 11) is 1.72. The van der Waals surface area contributed by atoms with Crippen LogP contribution >= 0.6 is 0 Å². The van der Waals surface area contributed by atoms with E-state index in [0.29, 0.717) is 25.1 Å². The molecule has 108 valence electrons. The standard InChI is InChI=1S/C14H17F2N3O/c1-17-9-11-7-12(15)14(13(16)8-11)20-6-2-4-19-5-3-18-10-19/h3,5,7-8,10,17H,2,4,6,9H2,1H3. The molecule has 0 spiro atoms. The second-order valence-corrected chi connectivity index (χ2v) is 4.42. The number of halogens is 2. The molecule has 0 atom stereocenters. The molecule has 6 heteroatoms. The zero-order valence-corrected chi connectivity index (χ0v) is 11.3. The van der Waals surface area contributed by atoms with Crippen molar-refractivity contribution in [1.82, 2.24) is 14.9 Å². The molecule has 1 aromatic heterocycles. The summed E-state index contributed by atoms with van der Waals surface area (Å²) < 4.78 is 34.5. The van der Waals surface area contributed by atoms with E-state index in [2.05, 4.69) is 10.3 Å². The van der Waals surface area contributed by atoms with Crippen molar-refractivity contribution in [2.45, 2.75) is 19.5 Å². The third kappa shape index (κ3) is 3.77. The van der Waals surface area contributed by atoms with Crippen LogP contribution in [0.5, 0.6) is 5.75 Å². The minimum absolute atomic E-state index is 0.247. The first kappa shape index (κ1) is 14.5. The fraction of sp³-hybridized carbons (Fsp3) is 0.357. The summed E-state index contributed by atoms with van der Waals surface area (Å²) in [6.07, 6.45) is 5.84. The molecule has 0 aliphatic rings. The molecule has 2 aromatic rings. The van der Waals surface area contributed by atoms with Crippen LogP contribution < -0.4 is 10.1 Å². The molecule has 0 saturated carbocycles. The number of nitrogens with zero attached hydrogens (tertiary/aromatic N) is 2. The zero-order valence-electron chi connectivity index (χ0n) is 11.3. The number of aromatic nitrogens is 2. The lowest BCUT2D eigenvalue weighted by atomic mass is 10.2. The van der Waals surface area contributed by atoms with Gasteiger partial charge in [0.1, 0.15) is 0 Å². The molecule has 1 aromatic carbocycles. The van der Waals surface area contributed by atoms with Crippen LogP contribution in [0, 0.1) is 11.6 Å². The molecular weight excluding hydrogens is 264 g/mol. The average Bonchev–Trinajstić information content (AvgIpc) is 2.90. The Morgan fingerprint density at radius 2 is 2.05 bits per heavy atom. The number of imidazole rings is 1. The Morgan fingerprint density at radius 3 is 2.65 bits per heavy atom. The SMILES string of the molecule is CNCc1cc(F)c(OCCCn2ccnc2)c(F)c1. The molecule has 4 nitrogen and oxygen atoms in total. The fourth-order valence-corrected chi connectivity index (χ4v) is 1.90. The second kappa shape index (κ2) is 7.00. The highest BCUT2D eigenvalue weighted by Gasteiger charge is 2.12. The van der Waals surface area contributed by atoms with Gasteiger partial charge in [0.15, 0.2) is 17.4 Å². The van der Waals surface area contributed by atoms with E-state index in [0.717, 1.165) is 0 Å². The van der Waals surface area contributed by atoms with Gasteiger partial charge in [-0.25, -0.2) is 13.8 Å². The number of hydrogen-bond acceptors (Lipinski definition) is 3. The number of benzene rings is 1. The third-order valence-corrected chi connectivity index (χ3v) is 2.81. The summed E-state index contributed by atoms with van der Waals surface area (Å²) in [6, 6.07) is 2.57. The Bertz CT molecular complexity index is 520. The predicted molar refractivity (Wildman–Crippen MR) is 71.5 cm³/mol. The minimum Gasteiger partial charge on any atom is -0.488 e.